The molecule has 0 N–H and O–H groups in total. The van der Waals surface area contributed by atoms with Crippen molar-refractivity contribution in [3.8, 4) is 29.4 Å². The molecule has 1 aromatic heterocycles. The number of ether oxygens (including phenoxy) is 4. The van der Waals surface area contributed by atoms with Gasteiger partial charge in [-0.1, -0.05) is 56.1 Å². The fourth-order valence-electron chi connectivity index (χ4n) is 4.37. The van der Waals surface area contributed by atoms with Crippen molar-refractivity contribution in [1.29, 1.82) is 0 Å². The van der Waals surface area contributed by atoms with Gasteiger partial charge >= 0.3 is 0 Å². The second kappa shape index (κ2) is 8.74. The number of hydrogen-bond donors (Lipinski definition) is 0. The average Bonchev–Trinajstić information content (AvgIpc) is 3.26. The third kappa shape index (κ3) is 4.54. The van der Waals surface area contributed by atoms with Crippen molar-refractivity contribution < 1.29 is 23.4 Å². The lowest BCUT2D eigenvalue weighted by atomic mass is 9.94. The molecular weight excluding hydrogens is 494 g/mol. The summed E-state index contributed by atoms with van der Waals surface area (Å²) >= 11 is 6.34. The summed E-state index contributed by atoms with van der Waals surface area (Å²) in [7, 11) is -2.22. The van der Waals surface area contributed by atoms with Crippen LogP contribution in [0.5, 0.6) is 5.75 Å². The molecule has 6 nitrogen and oxygen atoms in total. The van der Waals surface area contributed by atoms with E-state index in [1.165, 1.54) is 0 Å². The number of allylic oxidation sites excluding steroid dienone is 1. The van der Waals surface area contributed by atoms with Gasteiger partial charge in [0, 0.05) is 23.4 Å². The van der Waals surface area contributed by atoms with Crippen LogP contribution in [0.15, 0.2) is 41.6 Å². The summed E-state index contributed by atoms with van der Waals surface area (Å²) in [6.45, 7) is 15.3. The maximum atomic E-state index is 6.97. The molecule has 0 aromatic carbocycles. The van der Waals surface area contributed by atoms with Gasteiger partial charge in [0.05, 0.1) is 6.61 Å². The van der Waals surface area contributed by atoms with Crippen LogP contribution in [0.4, 0.5) is 0 Å². The van der Waals surface area contributed by atoms with Gasteiger partial charge in [-0.3, -0.25) is 0 Å². The van der Waals surface area contributed by atoms with Crippen molar-refractivity contribution in [3.05, 3.63) is 46.8 Å². The highest BCUT2D eigenvalue weighted by molar-refractivity contribution is 6.74. The van der Waals surface area contributed by atoms with Gasteiger partial charge in [-0.15, -0.1) is 0 Å². The Morgan fingerprint density at radius 3 is 2.64 bits per heavy atom. The van der Waals surface area contributed by atoms with E-state index in [-0.39, 0.29) is 17.2 Å². The highest BCUT2D eigenvalue weighted by Crippen LogP contribution is 2.54. The Kier molecular flexibility index (Phi) is 6.20. The number of aromatic nitrogens is 1. The predicted octanol–water partition coefficient (Wildman–Crippen LogP) is 5.05. The van der Waals surface area contributed by atoms with Crippen LogP contribution >= 0.6 is 11.6 Å². The summed E-state index contributed by atoms with van der Waals surface area (Å²) in [4.78, 5) is 4.16. The van der Waals surface area contributed by atoms with Gasteiger partial charge in [-0.05, 0) is 50.2 Å². The van der Waals surface area contributed by atoms with E-state index in [1.807, 2.05) is 26.0 Å². The van der Waals surface area contributed by atoms with E-state index in [2.05, 4.69) is 62.5 Å². The highest BCUT2D eigenvalue weighted by atomic mass is 35.5. The summed E-state index contributed by atoms with van der Waals surface area (Å²) in [6, 6.07) is 3.60. The van der Waals surface area contributed by atoms with E-state index in [0.29, 0.717) is 17.5 Å². The normalized spacial score (nSPS) is 33.7. The molecule has 3 heterocycles. The molecule has 5 atom stereocenters. The number of epoxide rings is 1. The van der Waals surface area contributed by atoms with Crippen molar-refractivity contribution in [2.24, 2.45) is 0 Å². The molecule has 0 saturated carbocycles. The maximum absolute atomic E-state index is 6.97. The first kappa shape index (κ1) is 25.5. The molecule has 8 heteroatoms. The highest BCUT2D eigenvalue weighted by Gasteiger charge is 2.70. The van der Waals surface area contributed by atoms with Crippen molar-refractivity contribution in [1.82, 2.24) is 4.98 Å². The van der Waals surface area contributed by atoms with Gasteiger partial charge in [0.15, 0.2) is 36.7 Å². The lowest BCUT2D eigenvalue weighted by Crippen LogP contribution is -2.52. The summed E-state index contributed by atoms with van der Waals surface area (Å²) in [6.07, 6.45) is 3.93. The minimum Gasteiger partial charge on any atom is -0.480 e. The van der Waals surface area contributed by atoms with Crippen LogP contribution in [0.25, 0.3) is 0 Å². The average molecular weight is 526 g/mol. The third-order valence-corrected chi connectivity index (χ3v) is 12.2. The molecule has 0 amide bonds. The van der Waals surface area contributed by atoms with E-state index in [4.69, 9.17) is 35.0 Å². The number of halogens is 1. The lowest BCUT2D eigenvalue weighted by molar-refractivity contribution is -0.133. The molecule has 0 radical (unpaired) electrons. The second-order valence-corrected chi connectivity index (χ2v) is 16.6. The van der Waals surface area contributed by atoms with Crippen molar-refractivity contribution in [3.63, 3.8) is 0 Å². The molecule has 36 heavy (non-hydrogen) atoms. The number of nitrogens with zero attached hydrogens (tertiary/aromatic N) is 1. The molecule has 190 valence electrons. The van der Waals surface area contributed by atoms with Crippen LogP contribution in [-0.2, 0) is 18.6 Å². The number of hydrogen-bond acceptors (Lipinski definition) is 6. The molecule has 5 rings (SSSR count). The molecule has 2 saturated heterocycles. The largest absolute Gasteiger partial charge is 0.480 e. The standard InChI is InChI=1S/C28H32ClNO5Si/c1-26(2,3)36(6,7)35-24-21(32-20-11-9-15-30-25(20)29)16-19-14-13-18(22-17-31-27(4,5)33-22)10-8-12-23-28(19,24)34-23/h9-11,15-16,21-24H,17H2,1-7H3/b18-10+/t21-,22+,23-,24+,28+/m0/s1. The van der Waals surface area contributed by atoms with E-state index < -0.39 is 31.9 Å². The molecular formula is C28H32ClNO5Si. The first-order chi connectivity index (χ1) is 16.8. The Balaban J connectivity index is 1.52. The first-order valence-corrected chi connectivity index (χ1v) is 15.5. The SMILES string of the molecule is CC1(C)OC[C@H](/C2=C/C#C[C@@H]3O[C@]34C(=C[C@H](Oc3cccnc3Cl)[C@H]4O[Si](C)(C)C(C)(C)C)C#C2)O1. The van der Waals surface area contributed by atoms with E-state index in [9.17, 15) is 0 Å². The van der Waals surface area contributed by atoms with Gasteiger partial charge < -0.3 is 23.4 Å². The fraction of sp³-hybridized carbons (Fsp3) is 0.536. The maximum Gasteiger partial charge on any atom is 0.192 e. The van der Waals surface area contributed by atoms with E-state index in [0.717, 1.165) is 11.1 Å². The zero-order valence-electron chi connectivity index (χ0n) is 21.8. The van der Waals surface area contributed by atoms with Gasteiger partial charge in [0.25, 0.3) is 0 Å². The monoisotopic (exact) mass is 525 g/mol. The van der Waals surface area contributed by atoms with Crippen LogP contribution < -0.4 is 4.74 Å². The van der Waals surface area contributed by atoms with Gasteiger partial charge in [-0.25, -0.2) is 4.98 Å². The lowest BCUT2D eigenvalue weighted by Gasteiger charge is -2.40. The smallest absolute Gasteiger partial charge is 0.192 e. The summed E-state index contributed by atoms with van der Waals surface area (Å²) in [5, 5.41) is 0.288. The van der Waals surface area contributed by atoms with Crippen LogP contribution in [0, 0.1) is 23.7 Å². The zero-order chi connectivity index (χ0) is 25.9. The zero-order valence-corrected chi connectivity index (χ0v) is 23.5. The molecule has 2 aliphatic heterocycles. The quantitative estimate of drug-likeness (QED) is 0.232. The van der Waals surface area contributed by atoms with Crippen LogP contribution in [0.3, 0.4) is 0 Å². The molecule has 1 aromatic rings. The molecule has 0 bridgehead atoms. The van der Waals surface area contributed by atoms with Crippen molar-refractivity contribution >= 4 is 19.9 Å². The van der Waals surface area contributed by atoms with Crippen molar-refractivity contribution in [2.45, 2.75) is 88.6 Å². The topological polar surface area (TPSA) is 62.3 Å². The first-order valence-electron chi connectivity index (χ1n) is 12.2. The van der Waals surface area contributed by atoms with Crippen LogP contribution in [0.2, 0.25) is 23.3 Å². The summed E-state index contributed by atoms with van der Waals surface area (Å²) in [5.41, 5.74) is 0.804. The third-order valence-electron chi connectivity index (χ3n) is 7.47. The fourth-order valence-corrected chi connectivity index (χ4v) is 5.83. The van der Waals surface area contributed by atoms with Crippen molar-refractivity contribution in [2.75, 3.05) is 6.61 Å². The van der Waals surface area contributed by atoms with Gasteiger partial charge in [0.2, 0.25) is 0 Å². The summed E-state index contributed by atoms with van der Waals surface area (Å²) in [5.74, 6) is 12.9. The Hall–Kier alpha value is -2.10. The van der Waals surface area contributed by atoms with Gasteiger partial charge in [-0.2, -0.15) is 0 Å². The van der Waals surface area contributed by atoms with Crippen LogP contribution in [-0.4, -0.2) is 55.7 Å². The molecule has 1 spiro atoms. The molecule has 2 aliphatic carbocycles. The Bertz CT molecular complexity index is 1260. The number of pyridine rings is 1. The predicted molar refractivity (Wildman–Crippen MR) is 140 cm³/mol. The van der Waals surface area contributed by atoms with E-state index in [1.54, 1.807) is 18.3 Å². The Labute approximate surface area is 219 Å². The Morgan fingerprint density at radius 1 is 1.19 bits per heavy atom. The second-order valence-electron chi connectivity index (χ2n) is 11.5. The Morgan fingerprint density at radius 2 is 1.97 bits per heavy atom. The minimum absolute atomic E-state index is 0.00944. The molecule has 2 fully saturated rings. The van der Waals surface area contributed by atoms with Crippen LogP contribution in [0.1, 0.15) is 34.6 Å². The van der Waals surface area contributed by atoms with Gasteiger partial charge in [0.1, 0.15) is 18.3 Å². The summed E-state index contributed by atoms with van der Waals surface area (Å²) < 4.78 is 31.5. The number of rotatable bonds is 5. The molecule has 4 aliphatic rings. The van der Waals surface area contributed by atoms with E-state index >= 15 is 0 Å². The molecule has 0 unspecified atom stereocenters. The minimum atomic E-state index is -2.22.